The van der Waals surface area contributed by atoms with Crippen LogP contribution in [0.15, 0.2) is 97.3 Å². The molecule has 1 aromatic heterocycles. The number of nitrogens with zero attached hydrogens (tertiary/aromatic N) is 1. The maximum absolute atomic E-state index is 13.2. The lowest BCUT2D eigenvalue weighted by molar-refractivity contribution is 0.0996. The van der Waals surface area contributed by atoms with Gasteiger partial charge in [-0.25, -0.2) is 4.39 Å². The number of nitrogens with one attached hydrogen (secondary N) is 1. The predicted octanol–water partition coefficient (Wildman–Crippen LogP) is 5.29. The van der Waals surface area contributed by atoms with Crippen molar-refractivity contribution in [3.05, 3.63) is 131 Å². The Bertz CT molecular complexity index is 1200. The zero-order valence-electron chi connectivity index (χ0n) is 16.6. The second-order valence-electron chi connectivity index (χ2n) is 7.06. The molecular formula is C26H19FN2O2. The van der Waals surface area contributed by atoms with Gasteiger partial charge in [0.1, 0.15) is 5.82 Å². The lowest BCUT2D eigenvalue weighted by Gasteiger charge is -2.10. The molecule has 0 aliphatic rings. The van der Waals surface area contributed by atoms with E-state index in [2.05, 4.69) is 10.3 Å². The predicted molar refractivity (Wildman–Crippen MR) is 118 cm³/mol. The molecule has 0 bridgehead atoms. The first-order chi connectivity index (χ1) is 15.1. The molecule has 0 radical (unpaired) electrons. The number of halogens is 1. The third-order valence-electron chi connectivity index (χ3n) is 4.89. The van der Waals surface area contributed by atoms with Gasteiger partial charge >= 0.3 is 0 Å². The lowest BCUT2D eigenvalue weighted by atomic mass is 9.98. The van der Waals surface area contributed by atoms with Gasteiger partial charge in [0.15, 0.2) is 5.78 Å². The van der Waals surface area contributed by atoms with Crippen LogP contribution in [0.1, 0.15) is 37.4 Å². The van der Waals surface area contributed by atoms with Gasteiger partial charge in [0, 0.05) is 29.2 Å². The highest BCUT2D eigenvalue weighted by Gasteiger charge is 2.18. The van der Waals surface area contributed by atoms with Crippen LogP contribution >= 0.6 is 0 Å². The Morgan fingerprint density at radius 2 is 1.35 bits per heavy atom. The van der Waals surface area contributed by atoms with E-state index in [0.717, 1.165) is 17.5 Å². The SMILES string of the molecule is O=C(Nc1ccc(Cc2ccncc2)cc1)c1ccccc1C(=O)c1ccc(F)cc1. The number of anilines is 1. The van der Waals surface area contributed by atoms with E-state index in [0.29, 0.717) is 11.3 Å². The summed E-state index contributed by atoms with van der Waals surface area (Å²) in [5, 5.41) is 2.84. The summed E-state index contributed by atoms with van der Waals surface area (Å²) in [4.78, 5) is 29.7. The number of carbonyl (C=O) groups excluding carboxylic acids is 2. The second-order valence-corrected chi connectivity index (χ2v) is 7.06. The monoisotopic (exact) mass is 410 g/mol. The van der Waals surface area contributed by atoms with Gasteiger partial charge in [-0.05, 0) is 72.1 Å². The number of ketones is 1. The molecule has 4 nitrogen and oxygen atoms in total. The lowest BCUT2D eigenvalue weighted by Crippen LogP contribution is -2.17. The minimum Gasteiger partial charge on any atom is -0.322 e. The van der Waals surface area contributed by atoms with E-state index in [-0.39, 0.29) is 22.8 Å². The third-order valence-corrected chi connectivity index (χ3v) is 4.89. The molecule has 0 unspecified atom stereocenters. The Labute approximate surface area is 179 Å². The molecule has 0 atom stereocenters. The largest absolute Gasteiger partial charge is 0.322 e. The van der Waals surface area contributed by atoms with Crippen molar-refractivity contribution < 1.29 is 14.0 Å². The van der Waals surface area contributed by atoms with Gasteiger partial charge in [-0.3, -0.25) is 14.6 Å². The first-order valence-corrected chi connectivity index (χ1v) is 9.78. The van der Waals surface area contributed by atoms with Crippen molar-refractivity contribution in [2.45, 2.75) is 6.42 Å². The Balaban J connectivity index is 1.50. The van der Waals surface area contributed by atoms with Crippen LogP contribution in [-0.4, -0.2) is 16.7 Å². The van der Waals surface area contributed by atoms with Gasteiger partial charge in [-0.15, -0.1) is 0 Å². The van der Waals surface area contributed by atoms with Crippen LogP contribution in [0, 0.1) is 5.82 Å². The van der Waals surface area contributed by atoms with Crippen LogP contribution in [0.5, 0.6) is 0 Å². The minimum absolute atomic E-state index is 0.262. The number of pyridine rings is 1. The van der Waals surface area contributed by atoms with Crippen LogP contribution in [0.25, 0.3) is 0 Å². The van der Waals surface area contributed by atoms with Gasteiger partial charge in [0.2, 0.25) is 0 Å². The van der Waals surface area contributed by atoms with Gasteiger partial charge in [0.25, 0.3) is 5.91 Å². The summed E-state index contributed by atoms with van der Waals surface area (Å²) < 4.78 is 13.2. The minimum atomic E-state index is -0.421. The highest BCUT2D eigenvalue weighted by molar-refractivity contribution is 6.17. The third kappa shape index (κ3) is 4.90. The summed E-state index contributed by atoms with van der Waals surface area (Å²) >= 11 is 0. The number of rotatable bonds is 6. The smallest absolute Gasteiger partial charge is 0.256 e. The maximum Gasteiger partial charge on any atom is 0.256 e. The molecule has 0 saturated carbocycles. The Morgan fingerprint density at radius 3 is 2.03 bits per heavy atom. The van der Waals surface area contributed by atoms with E-state index < -0.39 is 5.82 Å². The zero-order chi connectivity index (χ0) is 21.6. The molecule has 152 valence electrons. The first-order valence-electron chi connectivity index (χ1n) is 9.78. The van der Waals surface area contributed by atoms with Crippen molar-refractivity contribution in [3.63, 3.8) is 0 Å². The number of benzene rings is 3. The standard InChI is InChI=1S/C26H19FN2O2/c27-21-9-7-20(8-10-21)25(30)23-3-1-2-4-24(23)26(31)29-22-11-5-18(6-12-22)17-19-13-15-28-16-14-19/h1-16H,17H2,(H,29,31). The van der Waals surface area contributed by atoms with E-state index in [1.807, 2.05) is 36.4 Å². The number of carbonyl (C=O) groups is 2. The molecule has 1 amide bonds. The van der Waals surface area contributed by atoms with E-state index in [4.69, 9.17) is 0 Å². The van der Waals surface area contributed by atoms with Gasteiger partial charge < -0.3 is 5.32 Å². The fourth-order valence-corrected chi connectivity index (χ4v) is 3.28. The van der Waals surface area contributed by atoms with Crippen molar-refractivity contribution in [2.24, 2.45) is 0 Å². The summed E-state index contributed by atoms with van der Waals surface area (Å²) in [7, 11) is 0. The van der Waals surface area contributed by atoms with E-state index >= 15 is 0 Å². The molecular weight excluding hydrogens is 391 g/mol. The number of amides is 1. The topological polar surface area (TPSA) is 59.1 Å². The maximum atomic E-state index is 13.2. The van der Waals surface area contributed by atoms with Crippen molar-refractivity contribution in [2.75, 3.05) is 5.32 Å². The van der Waals surface area contributed by atoms with Gasteiger partial charge in [-0.1, -0.05) is 30.3 Å². The van der Waals surface area contributed by atoms with Crippen molar-refractivity contribution in [1.82, 2.24) is 4.98 Å². The molecule has 5 heteroatoms. The number of hydrogen-bond donors (Lipinski definition) is 1. The molecule has 3 aromatic carbocycles. The Morgan fingerprint density at radius 1 is 0.742 bits per heavy atom. The molecule has 0 saturated heterocycles. The summed E-state index contributed by atoms with van der Waals surface area (Å²) in [6, 6.07) is 23.4. The zero-order valence-corrected chi connectivity index (χ0v) is 16.6. The normalized spacial score (nSPS) is 10.5. The van der Waals surface area contributed by atoms with Crippen molar-refractivity contribution >= 4 is 17.4 Å². The van der Waals surface area contributed by atoms with E-state index in [1.54, 1.807) is 36.7 Å². The quantitative estimate of drug-likeness (QED) is 0.439. The van der Waals surface area contributed by atoms with Gasteiger partial charge in [0.05, 0.1) is 5.56 Å². The van der Waals surface area contributed by atoms with Crippen LogP contribution in [0.4, 0.5) is 10.1 Å². The van der Waals surface area contributed by atoms with Crippen LogP contribution in [0.3, 0.4) is 0 Å². The van der Waals surface area contributed by atoms with Crippen molar-refractivity contribution in [1.29, 1.82) is 0 Å². The highest BCUT2D eigenvalue weighted by atomic mass is 19.1. The first kappa shape index (κ1) is 20.2. The van der Waals surface area contributed by atoms with Crippen LogP contribution in [0.2, 0.25) is 0 Å². The molecule has 1 heterocycles. The van der Waals surface area contributed by atoms with Crippen molar-refractivity contribution in [3.8, 4) is 0 Å². The second kappa shape index (κ2) is 9.13. The molecule has 31 heavy (non-hydrogen) atoms. The fraction of sp³-hybridized carbons (Fsp3) is 0.0385. The summed E-state index contributed by atoms with van der Waals surface area (Å²) in [6.07, 6.45) is 4.29. The van der Waals surface area contributed by atoms with Crippen LogP contribution < -0.4 is 5.32 Å². The summed E-state index contributed by atoms with van der Waals surface area (Å²) in [5.41, 5.74) is 3.74. The highest BCUT2D eigenvalue weighted by Crippen LogP contribution is 2.18. The molecule has 1 N–H and O–H groups in total. The average molecular weight is 410 g/mol. The van der Waals surface area contributed by atoms with E-state index in [9.17, 15) is 14.0 Å². The number of hydrogen-bond acceptors (Lipinski definition) is 3. The van der Waals surface area contributed by atoms with Crippen LogP contribution in [-0.2, 0) is 6.42 Å². The number of aromatic nitrogens is 1. The molecule has 4 rings (SSSR count). The fourth-order valence-electron chi connectivity index (χ4n) is 3.28. The van der Waals surface area contributed by atoms with Gasteiger partial charge in [-0.2, -0.15) is 0 Å². The Hall–Kier alpha value is -4.12. The molecule has 4 aromatic rings. The Kier molecular flexibility index (Phi) is 5.94. The molecule has 0 aliphatic heterocycles. The summed E-state index contributed by atoms with van der Waals surface area (Å²) in [5.74, 6) is -1.14. The molecule has 0 aliphatic carbocycles. The molecule has 0 spiro atoms. The van der Waals surface area contributed by atoms with E-state index in [1.165, 1.54) is 24.3 Å². The molecule has 0 fully saturated rings. The summed E-state index contributed by atoms with van der Waals surface area (Å²) in [6.45, 7) is 0. The average Bonchev–Trinajstić information content (AvgIpc) is 2.81.